The van der Waals surface area contributed by atoms with E-state index >= 15 is 0 Å². The van der Waals surface area contributed by atoms with E-state index in [0.717, 1.165) is 0 Å². The zero-order valence-electron chi connectivity index (χ0n) is 9.15. The summed E-state index contributed by atoms with van der Waals surface area (Å²) < 4.78 is 4.97. The molecule has 6 heteroatoms. The van der Waals surface area contributed by atoms with Gasteiger partial charge in [0.2, 0.25) is 0 Å². The largest absolute Gasteiger partial charge is 0.481 e. The number of carbonyl (C=O) groups excluding carboxylic acids is 1. The van der Waals surface area contributed by atoms with Crippen molar-refractivity contribution in [2.75, 3.05) is 0 Å². The number of carboxylic acid groups (broad SMARTS) is 1. The molecule has 0 amide bonds. The molecular weight excluding hydrogens is 222 g/mol. The topological polar surface area (TPSA) is 89.6 Å². The number of carbonyl (C=O) groups is 2. The number of hydrogen-bond acceptors (Lipinski definition) is 4. The number of halogens is 1. The lowest BCUT2D eigenvalue weighted by Gasteiger charge is -2.21. The van der Waals surface area contributed by atoms with Crippen LogP contribution in [0.5, 0.6) is 0 Å². The molecule has 15 heavy (non-hydrogen) atoms. The van der Waals surface area contributed by atoms with Gasteiger partial charge in [0, 0.05) is 6.42 Å². The van der Waals surface area contributed by atoms with E-state index in [1.165, 1.54) is 0 Å². The van der Waals surface area contributed by atoms with E-state index in [9.17, 15) is 9.59 Å². The van der Waals surface area contributed by atoms with Crippen molar-refractivity contribution in [1.29, 1.82) is 0 Å². The third-order valence-corrected chi connectivity index (χ3v) is 1.38. The molecular formula is C9H18ClNO4. The van der Waals surface area contributed by atoms with Crippen molar-refractivity contribution in [2.24, 2.45) is 5.73 Å². The highest BCUT2D eigenvalue weighted by molar-refractivity contribution is 5.85. The highest BCUT2D eigenvalue weighted by Gasteiger charge is 2.22. The molecule has 0 rings (SSSR count). The first-order chi connectivity index (χ1) is 6.22. The lowest BCUT2D eigenvalue weighted by atomic mass is 10.1. The Morgan fingerprint density at radius 2 is 1.87 bits per heavy atom. The summed E-state index contributed by atoms with van der Waals surface area (Å²) in [5, 5.41) is 8.37. The molecule has 0 saturated carbocycles. The van der Waals surface area contributed by atoms with Crippen LogP contribution >= 0.6 is 12.4 Å². The van der Waals surface area contributed by atoms with Crippen molar-refractivity contribution in [1.82, 2.24) is 0 Å². The third-order valence-electron chi connectivity index (χ3n) is 1.38. The summed E-state index contributed by atoms with van der Waals surface area (Å²) in [5.41, 5.74) is 4.85. The maximum Gasteiger partial charge on any atom is 0.323 e. The van der Waals surface area contributed by atoms with Gasteiger partial charge in [-0.3, -0.25) is 9.59 Å². The maximum absolute atomic E-state index is 11.2. The molecule has 0 aliphatic heterocycles. The summed E-state index contributed by atoms with van der Waals surface area (Å²) in [6.07, 6.45) is -0.0232. The first kappa shape index (κ1) is 16.6. The molecule has 0 bridgehead atoms. The summed E-state index contributed by atoms with van der Waals surface area (Å²) in [4.78, 5) is 21.4. The van der Waals surface area contributed by atoms with E-state index in [1.807, 2.05) is 0 Å². The molecule has 0 aliphatic carbocycles. The molecule has 90 valence electrons. The SMILES string of the molecule is CC(C)(C)OC(=O)C(N)CCC(=O)O.Cl. The smallest absolute Gasteiger partial charge is 0.323 e. The van der Waals surface area contributed by atoms with Gasteiger partial charge in [-0.2, -0.15) is 0 Å². The Bertz CT molecular complexity index is 225. The lowest BCUT2D eigenvalue weighted by molar-refractivity contribution is -0.156. The van der Waals surface area contributed by atoms with Crippen molar-refractivity contribution in [2.45, 2.75) is 45.3 Å². The molecule has 3 N–H and O–H groups in total. The van der Waals surface area contributed by atoms with Gasteiger partial charge in [-0.1, -0.05) is 0 Å². The Labute approximate surface area is 95.4 Å². The minimum atomic E-state index is -0.969. The number of rotatable bonds is 4. The first-order valence-corrected chi connectivity index (χ1v) is 4.42. The lowest BCUT2D eigenvalue weighted by Crippen LogP contribution is -2.37. The van der Waals surface area contributed by atoms with Crippen LogP contribution in [0.25, 0.3) is 0 Å². The van der Waals surface area contributed by atoms with Crippen LogP contribution in [0, 0.1) is 0 Å². The van der Waals surface area contributed by atoms with Gasteiger partial charge >= 0.3 is 11.9 Å². The summed E-state index contributed by atoms with van der Waals surface area (Å²) >= 11 is 0. The first-order valence-electron chi connectivity index (χ1n) is 4.42. The van der Waals surface area contributed by atoms with Gasteiger partial charge in [0.1, 0.15) is 11.6 Å². The molecule has 0 aliphatic rings. The molecule has 0 radical (unpaired) electrons. The van der Waals surface area contributed by atoms with E-state index in [2.05, 4.69) is 0 Å². The predicted octanol–water partition coefficient (Wildman–Crippen LogP) is 0.942. The van der Waals surface area contributed by atoms with Crippen LogP contribution in [0.3, 0.4) is 0 Å². The highest BCUT2D eigenvalue weighted by Crippen LogP contribution is 2.09. The number of aliphatic carboxylic acids is 1. The number of carboxylic acids is 1. The maximum atomic E-state index is 11.2. The zero-order valence-corrected chi connectivity index (χ0v) is 9.97. The molecule has 0 saturated heterocycles. The normalized spacial score (nSPS) is 12.5. The zero-order chi connectivity index (χ0) is 11.4. The monoisotopic (exact) mass is 239 g/mol. The Morgan fingerprint density at radius 1 is 1.40 bits per heavy atom. The van der Waals surface area contributed by atoms with Crippen LogP contribution in [-0.4, -0.2) is 28.7 Å². The Morgan fingerprint density at radius 3 is 2.20 bits per heavy atom. The summed E-state index contributed by atoms with van der Waals surface area (Å²) in [6.45, 7) is 5.19. The summed E-state index contributed by atoms with van der Waals surface area (Å²) in [5.74, 6) is -1.53. The average Bonchev–Trinajstić information content (AvgIpc) is 1.96. The Kier molecular flexibility index (Phi) is 7.35. The number of nitrogens with two attached hydrogens (primary N) is 1. The van der Waals surface area contributed by atoms with Gasteiger partial charge < -0.3 is 15.6 Å². The van der Waals surface area contributed by atoms with Crippen LogP contribution in [-0.2, 0) is 14.3 Å². The fourth-order valence-electron chi connectivity index (χ4n) is 0.774. The molecule has 1 atom stereocenters. The van der Waals surface area contributed by atoms with Crippen molar-refractivity contribution in [3.8, 4) is 0 Å². The minimum absolute atomic E-state index is 0. The minimum Gasteiger partial charge on any atom is -0.481 e. The van der Waals surface area contributed by atoms with Crippen molar-refractivity contribution in [3.63, 3.8) is 0 Å². The van der Waals surface area contributed by atoms with Crippen LogP contribution in [0.15, 0.2) is 0 Å². The molecule has 0 aromatic carbocycles. The second-order valence-electron chi connectivity index (χ2n) is 4.07. The number of hydrogen-bond donors (Lipinski definition) is 2. The number of esters is 1. The molecule has 0 spiro atoms. The second kappa shape index (κ2) is 6.63. The van der Waals surface area contributed by atoms with Gasteiger partial charge in [-0.15, -0.1) is 12.4 Å². The van der Waals surface area contributed by atoms with Crippen molar-refractivity contribution in [3.05, 3.63) is 0 Å². The van der Waals surface area contributed by atoms with Crippen LogP contribution in [0.2, 0.25) is 0 Å². The van der Waals surface area contributed by atoms with Gasteiger partial charge in [0.05, 0.1) is 0 Å². The van der Waals surface area contributed by atoms with E-state index in [-0.39, 0.29) is 25.2 Å². The van der Waals surface area contributed by atoms with Gasteiger partial charge in [-0.05, 0) is 27.2 Å². The van der Waals surface area contributed by atoms with Crippen molar-refractivity contribution < 1.29 is 19.4 Å². The van der Waals surface area contributed by atoms with E-state index in [0.29, 0.717) is 0 Å². The summed E-state index contributed by atoms with van der Waals surface area (Å²) in [6, 6.07) is -0.856. The van der Waals surface area contributed by atoms with Crippen molar-refractivity contribution >= 4 is 24.3 Å². The fraction of sp³-hybridized carbons (Fsp3) is 0.778. The second-order valence-corrected chi connectivity index (χ2v) is 4.07. The molecule has 5 nitrogen and oxygen atoms in total. The quantitative estimate of drug-likeness (QED) is 0.713. The highest BCUT2D eigenvalue weighted by atomic mass is 35.5. The molecule has 0 fully saturated rings. The molecule has 0 aromatic heterocycles. The van der Waals surface area contributed by atoms with Crippen LogP contribution in [0.4, 0.5) is 0 Å². The molecule has 1 unspecified atom stereocenters. The van der Waals surface area contributed by atoms with Gasteiger partial charge in [0.15, 0.2) is 0 Å². The third kappa shape index (κ3) is 9.49. The van der Waals surface area contributed by atoms with Gasteiger partial charge in [0.25, 0.3) is 0 Å². The standard InChI is InChI=1S/C9H17NO4.ClH/c1-9(2,3)14-8(13)6(10)4-5-7(11)12;/h6H,4-5,10H2,1-3H3,(H,11,12);1H. The Balaban J connectivity index is 0. The molecule has 0 heterocycles. The predicted molar refractivity (Wildman–Crippen MR) is 57.9 cm³/mol. The Hall–Kier alpha value is -0.810. The average molecular weight is 240 g/mol. The number of ether oxygens (including phenoxy) is 1. The van der Waals surface area contributed by atoms with Crippen LogP contribution in [0.1, 0.15) is 33.6 Å². The van der Waals surface area contributed by atoms with E-state index in [1.54, 1.807) is 20.8 Å². The summed E-state index contributed by atoms with van der Waals surface area (Å²) in [7, 11) is 0. The fourth-order valence-corrected chi connectivity index (χ4v) is 0.774. The van der Waals surface area contributed by atoms with E-state index in [4.69, 9.17) is 15.6 Å². The van der Waals surface area contributed by atoms with E-state index < -0.39 is 23.6 Å². The molecule has 0 aromatic rings. The van der Waals surface area contributed by atoms with Crippen LogP contribution < -0.4 is 5.73 Å². The van der Waals surface area contributed by atoms with Gasteiger partial charge in [-0.25, -0.2) is 0 Å².